The quantitative estimate of drug-likeness (QED) is 0.486. The largest absolute Gasteiger partial charge is 0.476 e. The molecule has 2 heterocycles. The Bertz CT molecular complexity index is 961. The van der Waals surface area contributed by atoms with Crippen LogP contribution in [0.2, 0.25) is 0 Å². The van der Waals surface area contributed by atoms with Crippen LogP contribution in [0.25, 0.3) is 11.1 Å². The number of rotatable bonds is 6. The predicted octanol–water partition coefficient (Wildman–Crippen LogP) is 2.33. The lowest BCUT2D eigenvalue weighted by atomic mass is 10.1. The molecular formula is C21H24N2O7S. The number of aryl methyl sites for hydroxylation is 1. The molecule has 1 saturated heterocycles. The Kier molecular flexibility index (Phi) is 7.21. The van der Waals surface area contributed by atoms with Crippen molar-refractivity contribution in [2.75, 3.05) is 5.75 Å². The molecule has 1 fully saturated rings. The third-order valence-electron chi connectivity index (χ3n) is 4.43. The van der Waals surface area contributed by atoms with E-state index in [1.165, 1.54) is 32.5 Å². The van der Waals surface area contributed by atoms with Gasteiger partial charge in [0.2, 0.25) is 0 Å². The van der Waals surface area contributed by atoms with Crippen LogP contribution in [0.5, 0.6) is 5.75 Å². The van der Waals surface area contributed by atoms with Crippen molar-refractivity contribution in [3.63, 3.8) is 0 Å². The third-order valence-corrected chi connectivity index (χ3v) is 5.64. The van der Waals surface area contributed by atoms with E-state index < -0.39 is 41.7 Å². The molecule has 0 unspecified atom stereocenters. The summed E-state index contributed by atoms with van der Waals surface area (Å²) in [4.78, 5) is 35.0. The minimum atomic E-state index is -0.988. The fourth-order valence-electron chi connectivity index (χ4n) is 3.26. The summed E-state index contributed by atoms with van der Waals surface area (Å²) in [6, 6.07) is 7.41. The second kappa shape index (κ2) is 9.86. The van der Waals surface area contributed by atoms with Gasteiger partial charge in [0.1, 0.15) is 5.75 Å². The normalized spacial score (nSPS) is 23.0. The van der Waals surface area contributed by atoms with Crippen molar-refractivity contribution >= 4 is 29.7 Å². The second-order valence-electron chi connectivity index (χ2n) is 7.05. The third kappa shape index (κ3) is 6.00. The minimum absolute atomic E-state index is 0.308. The smallest absolute Gasteiger partial charge is 0.303 e. The van der Waals surface area contributed by atoms with Crippen molar-refractivity contribution in [1.82, 2.24) is 9.78 Å². The number of esters is 3. The van der Waals surface area contributed by atoms with Crippen molar-refractivity contribution in [3.8, 4) is 16.9 Å². The van der Waals surface area contributed by atoms with Gasteiger partial charge < -0.3 is 18.9 Å². The average molecular weight is 448 g/mol. The van der Waals surface area contributed by atoms with Gasteiger partial charge in [0.25, 0.3) is 0 Å². The van der Waals surface area contributed by atoms with E-state index in [0.717, 1.165) is 11.1 Å². The molecule has 0 N–H and O–H groups in total. The topological polar surface area (TPSA) is 106 Å². The van der Waals surface area contributed by atoms with E-state index in [9.17, 15) is 14.4 Å². The Hall–Kier alpha value is -3.01. The molecule has 0 spiro atoms. The molecule has 10 heteroatoms. The molecule has 3 rings (SSSR count). The van der Waals surface area contributed by atoms with Crippen LogP contribution in [-0.2, 0) is 35.6 Å². The number of nitrogens with zero attached hydrogens (tertiary/aromatic N) is 2. The van der Waals surface area contributed by atoms with Crippen molar-refractivity contribution < 1.29 is 33.3 Å². The molecule has 166 valence electrons. The Labute approximate surface area is 184 Å². The zero-order valence-electron chi connectivity index (χ0n) is 17.6. The van der Waals surface area contributed by atoms with Crippen molar-refractivity contribution in [3.05, 3.63) is 36.7 Å². The van der Waals surface area contributed by atoms with Crippen LogP contribution in [0.1, 0.15) is 20.8 Å². The summed E-state index contributed by atoms with van der Waals surface area (Å²) in [7, 11) is 1.83. The van der Waals surface area contributed by atoms with Crippen molar-refractivity contribution in [2.24, 2.45) is 7.05 Å². The number of hydrogen-bond acceptors (Lipinski definition) is 9. The summed E-state index contributed by atoms with van der Waals surface area (Å²) in [6.45, 7) is 3.76. The highest BCUT2D eigenvalue weighted by molar-refractivity contribution is 7.99. The van der Waals surface area contributed by atoms with Gasteiger partial charge in [-0.15, -0.1) is 11.8 Å². The molecule has 1 aliphatic heterocycles. The summed E-state index contributed by atoms with van der Waals surface area (Å²) >= 11 is 1.31. The van der Waals surface area contributed by atoms with Crippen LogP contribution in [-0.4, -0.2) is 57.2 Å². The Morgan fingerprint density at radius 2 is 1.68 bits per heavy atom. The lowest BCUT2D eigenvalue weighted by Crippen LogP contribution is -2.55. The summed E-state index contributed by atoms with van der Waals surface area (Å²) in [5, 5.41) is 4.18. The Morgan fingerprint density at radius 1 is 1.00 bits per heavy atom. The number of carbonyl (C=O) groups excluding carboxylic acids is 3. The monoisotopic (exact) mass is 448 g/mol. The van der Waals surface area contributed by atoms with Gasteiger partial charge in [-0.25, -0.2) is 0 Å². The Balaban J connectivity index is 1.85. The highest BCUT2D eigenvalue weighted by Gasteiger charge is 2.47. The first-order valence-electron chi connectivity index (χ1n) is 9.62. The number of ether oxygens (including phenoxy) is 4. The SMILES string of the molecule is CC(=O)O[C@@H]1[C@@H](OC(C)=O)[C@@H](Oc2cccc(-c3cnn(C)c3)c2)SC[C@H]1OC(C)=O. The van der Waals surface area contributed by atoms with Crippen LogP contribution in [0.3, 0.4) is 0 Å². The summed E-state index contributed by atoms with van der Waals surface area (Å²) in [6.07, 6.45) is 0.912. The summed E-state index contributed by atoms with van der Waals surface area (Å²) < 4.78 is 24.0. The first kappa shape index (κ1) is 22.7. The van der Waals surface area contributed by atoms with Crippen LogP contribution >= 0.6 is 11.8 Å². The lowest BCUT2D eigenvalue weighted by Gasteiger charge is -2.39. The second-order valence-corrected chi connectivity index (χ2v) is 8.18. The standard InChI is InChI=1S/C21H24N2O7S/c1-12(24)27-18-11-31-21(20(29-14(3)26)19(18)28-13(2)25)30-17-7-5-6-15(8-17)16-9-22-23(4)10-16/h5-10,18-21H,11H2,1-4H3/t18-,19+,20-,21+/m1/s1. The van der Waals surface area contributed by atoms with Crippen molar-refractivity contribution in [2.45, 2.75) is 44.5 Å². The zero-order valence-corrected chi connectivity index (χ0v) is 18.5. The van der Waals surface area contributed by atoms with Gasteiger partial charge in [0, 0.05) is 45.3 Å². The van der Waals surface area contributed by atoms with E-state index in [2.05, 4.69) is 5.10 Å². The first-order valence-corrected chi connectivity index (χ1v) is 10.7. The highest BCUT2D eigenvalue weighted by atomic mass is 32.2. The van der Waals surface area contributed by atoms with Crippen LogP contribution < -0.4 is 4.74 Å². The van der Waals surface area contributed by atoms with Gasteiger partial charge in [-0.2, -0.15) is 5.10 Å². The van der Waals surface area contributed by atoms with Gasteiger partial charge >= 0.3 is 17.9 Å². The fraction of sp³-hybridized carbons (Fsp3) is 0.429. The van der Waals surface area contributed by atoms with E-state index in [1.807, 2.05) is 31.4 Å². The molecule has 9 nitrogen and oxygen atoms in total. The van der Waals surface area contributed by atoms with E-state index in [1.54, 1.807) is 16.9 Å². The predicted molar refractivity (Wildman–Crippen MR) is 112 cm³/mol. The summed E-state index contributed by atoms with van der Waals surface area (Å²) in [5.74, 6) is -0.814. The summed E-state index contributed by atoms with van der Waals surface area (Å²) in [5.41, 5.74) is 1.16. The zero-order chi connectivity index (χ0) is 22.5. The van der Waals surface area contributed by atoms with E-state index in [4.69, 9.17) is 18.9 Å². The molecule has 0 amide bonds. The number of carbonyl (C=O) groups is 3. The molecule has 0 aliphatic carbocycles. The molecule has 1 aromatic heterocycles. The first-order chi connectivity index (χ1) is 14.7. The molecule has 4 atom stereocenters. The van der Waals surface area contributed by atoms with Gasteiger partial charge in [-0.1, -0.05) is 12.1 Å². The maximum atomic E-state index is 11.8. The molecule has 1 aliphatic rings. The van der Waals surface area contributed by atoms with E-state index in [-0.39, 0.29) is 0 Å². The molecule has 0 radical (unpaired) electrons. The Morgan fingerprint density at radius 3 is 2.29 bits per heavy atom. The van der Waals surface area contributed by atoms with Crippen LogP contribution in [0.4, 0.5) is 0 Å². The maximum absolute atomic E-state index is 11.8. The number of thioether (sulfide) groups is 1. The molecule has 31 heavy (non-hydrogen) atoms. The minimum Gasteiger partial charge on any atom is -0.476 e. The number of benzene rings is 1. The maximum Gasteiger partial charge on any atom is 0.303 e. The molecule has 0 saturated carbocycles. The molecular weight excluding hydrogens is 424 g/mol. The van der Waals surface area contributed by atoms with Gasteiger partial charge in [0.15, 0.2) is 23.7 Å². The van der Waals surface area contributed by atoms with Crippen LogP contribution in [0.15, 0.2) is 36.7 Å². The highest BCUT2D eigenvalue weighted by Crippen LogP contribution is 2.35. The molecule has 1 aromatic carbocycles. The lowest BCUT2D eigenvalue weighted by molar-refractivity contribution is -0.186. The molecule has 2 aromatic rings. The number of aromatic nitrogens is 2. The molecule has 0 bridgehead atoms. The fourth-order valence-corrected chi connectivity index (χ4v) is 4.48. The van der Waals surface area contributed by atoms with Gasteiger partial charge in [-0.05, 0) is 17.7 Å². The van der Waals surface area contributed by atoms with Gasteiger partial charge in [-0.3, -0.25) is 19.1 Å². The average Bonchev–Trinajstić information content (AvgIpc) is 3.12. The van der Waals surface area contributed by atoms with Crippen LogP contribution in [0, 0.1) is 0 Å². The van der Waals surface area contributed by atoms with Gasteiger partial charge in [0.05, 0.1) is 6.20 Å². The number of hydrogen-bond donors (Lipinski definition) is 0. The van der Waals surface area contributed by atoms with E-state index in [0.29, 0.717) is 11.5 Å². The van der Waals surface area contributed by atoms with E-state index >= 15 is 0 Å². The van der Waals surface area contributed by atoms with Crippen molar-refractivity contribution in [1.29, 1.82) is 0 Å².